The summed E-state index contributed by atoms with van der Waals surface area (Å²) < 4.78 is 108. The number of rotatable bonds is 12. The van der Waals surface area contributed by atoms with Crippen molar-refractivity contribution in [1.29, 1.82) is 0 Å². The van der Waals surface area contributed by atoms with Crippen LogP contribution in [0.2, 0.25) is 0 Å². The smallest absolute Gasteiger partial charge is 0.295 e. The van der Waals surface area contributed by atoms with Gasteiger partial charge in [-0.1, -0.05) is 54.6 Å². The Labute approximate surface area is 414 Å². The first kappa shape index (κ1) is 48.2. The largest absolute Gasteiger partial charge is 0.505 e. The normalized spacial score (nSPS) is 12.8. The van der Waals surface area contributed by atoms with Crippen LogP contribution in [0.15, 0.2) is 179 Å². The summed E-state index contributed by atoms with van der Waals surface area (Å²) in [5.41, 5.74) is 4.73. The summed E-state index contributed by atoms with van der Waals surface area (Å²) in [7, 11) is -14.3. The Kier molecular flexibility index (Phi) is 12.1. The Morgan fingerprint density at radius 2 is 1.19 bits per heavy atom. The van der Waals surface area contributed by atoms with E-state index in [0.29, 0.717) is 90.4 Å². The van der Waals surface area contributed by atoms with Crippen LogP contribution in [0.25, 0.3) is 59.8 Å². The minimum absolute atomic E-state index is 0.00193. The molecule has 1 aromatic heterocycles. The van der Waals surface area contributed by atoms with Crippen molar-refractivity contribution in [3.05, 3.63) is 145 Å². The van der Waals surface area contributed by atoms with Crippen molar-refractivity contribution in [2.45, 2.75) is 35.5 Å². The predicted octanol–water partition coefficient (Wildman–Crippen LogP) is 12.7. The third kappa shape index (κ3) is 9.34. The Morgan fingerprint density at radius 3 is 1.90 bits per heavy atom. The van der Waals surface area contributed by atoms with Crippen molar-refractivity contribution < 1.29 is 48.8 Å². The zero-order chi connectivity index (χ0) is 51.6. The highest BCUT2D eigenvalue weighted by Crippen LogP contribution is 2.44. The third-order valence-electron chi connectivity index (χ3n) is 11.9. The second-order valence-corrected chi connectivity index (χ2v) is 20.8. The number of nitrogens with zero attached hydrogens (tertiary/aromatic N) is 9. The van der Waals surface area contributed by atoms with Gasteiger partial charge in [-0.2, -0.15) is 45.4 Å². The summed E-state index contributed by atoms with van der Waals surface area (Å²) in [6.07, 6.45) is 0. The third-order valence-corrected chi connectivity index (χ3v) is 14.5. The van der Waals surface area contributed by atoms with Gasteiger partial charge in [0, 0.05) is 38.4 Å². The molecule has 0 saturated heterocycles. The van der Waals surface area contributed by atoms with E-state index in [4.69, 9.17) is 4.74 Å². The van der Waals surface area contributed by atoms with Crippen molar-refractivity contribution in [3.8, 4) is 17.2 Å². The molecule has 10 aromatic rings. The highest BCUT2D eigenvalue weighted by Gasteiger charge is 2.23. The van der Waals surface area contributed by atoms with Crippen LogP contribution in [0.1, 0.15) is 18.1 Å². The van der Waals surface area contributed by atoms with Gasteiger partial charge >= 0.3 is 0 Å². The van der Waals surface area contributed by atoms with Crippen LogP contribution in [0.4, 0.5) is 34.1 Å². The van der Waals surface area contributed by atoms with E-state index in [1.54, 1.807) is 72.8 Å². The fourth-order valence-corrected chi connectivity index (χ4v) is 10.4. The Hall–Kier alpha value is -8.45. The van der Waals surface area contributed by atoms with Crippen LogP contribution < -0.4 is 4.74 Å². The second kappa shape index (κ2) is 18.3. The van der Waals surface area contributed by atoms with E-state index in [-0.39, 0.29) is 38.1 Å². The first-order chi connectivity index (χ1) is 34.7. The van der Waals surface area contributed by atoms with Gasteiger partial charge in [-0.05, 0) is 115 Å². The van der Waals surface area contributed by atoms with Gasteiger partial charge in [0.25, 0.3) is 30.4 Å². The van der Waals surface area contributed by atoms with Crippen LogP contribution in [-0.4, -0.2) is 65.6 Å². The van der Waals surface area contributed by atoms with Gasteiger partial charge in [-0.15, -0.1) is 25.5 Å². The lowest BCUT2D eigenvalue weighted by Gasteiger charge is -2.12. The van der Waals surface area contributed by atoms with Crippen LogP contribution in [0.3, 0.4) is 0 Å². The molecule has 0 bridgehead atoms. The van der Waals surface area contributed by atoms with Gasteiger partial charge < -0.3 is 9.84 Å². The first-order valence-electron chi connectivity index (χ1n) is 21.9. The lowest BCUT2D eigenvalue weighted by molar-refractivity contribution is 0.342. The Balaban J connectivity index is 0.915. The summed E-state index contributed by atoms with van der Waals surface area (Å²) >= 11 is 0. The molecular weight excluding hydrogens is 999 g/mol. The van der Waals surface area contributed by atoms with Gasteiger partial charge in [0.05, 0.1) is 39.9 Å². The molecule has 0 amide bonds. The molecule has 20 nitrogen and oxygen atoms in total. The van der Waals surface area contributed by atoms with E-state index in [1.165, 1.54) is 23.0 Å². The lowest BCUT2D eigenvalue weighted by Crippen LogP contribution is -2.04. The molecule has 0 fully saturated rings. The quantitative estimate of drug-likeness (QED) is 0.0654. The molecule has 1 heterocycles. The lowest BCUT2D eigenvalue weighted by atomic mass is 10.1. The van der Waals surface area contributed by atoms with Crippen molar-refractivity contribution in [1.82, 2.24) is 15.0 Å². The fraction of sp³-hybridized carbons (Fsp3) is 0.0800. The SMILES string of the molecule is CCOc1cc(N=Nc2ccc3cccc(S(=O)(=O)O)c3c2)c2ccccc2c1N=Nc1cc(C)c(N=Nc2ccc3cc(-n4nc5ccc6c(S(=O)(=O)O)cc(S(=O)(=O)O)cc6c5n4)ccc3c2O)cc1C. The maximum atomic E-state index is 12.2. The van der Waals surface area contributed by atoms with Crippen LogP contribution in [0, 0.1) is 13.8 Å². The number of aromatic nitrogens is 3. The topological polar surface area (TPSA) is 297 Å². The minimum atomic E-state index is -4.91. The summed E-state index contributed by atoms with van der Waals surface area (Å²) in [6, 6.07) is 35.0. The molecule has 0 atom stereocenters. The highest BCUT2D eigenvalue weighted by atomic mass is 32.2. The minimum Gasteiger partial charge on any atom is -0.505 e. The van der Waals surface area contributed by atoms with Gasteiger partial charge in [-0.25, -0.2) is 0 Å². The molecule has 0 aliphatic rings. The Bertz CT molecular complexity index is 4430. The molecule has 23 heteroatoms. The maximum Gasteiger partial charge on any atom is 0.295 e. The van der Waals surface area contributed by atoms with Crippen molar-refractivity contribution in [3.63, 3.8) is 0 Å². The first-order valence-corrected chi connectivity index (χ1v) is 26.2. The zero-order valence-electron chi connectivity index (χ0n) is 38.3. The maximum absolute atomic E-state index is 12.2. The number of fused-ring (bicyclic) bond motifs is 6. The number of hydrogen-bond acceptors (Lipinski definition) is 16. The van der Waals surface area contributed by atoms with E-state index >= 15 is 0 Å². The monoisotopic (exact) mass is 1040 g/mol. The second-order valence-electron chi connectivity index (χ2n) is 16.6. The van der Waals surface area contributed by atoms with E-state index in [2.05, 4.69) is 40.9 Å². The van der Waals surface area contributed by atoms with Gasteiger partial charge in [0.2, 0.25) is 0 Å². The number of aromatic hydroxyl groups is 1. The fourth-order valence-electron chi connectivity index (χ4n) is 8.34. The Morgan fingerprint density at radius 1 is 0.521 bits per heavy atom. The molecule has 4 N–H and O–H groups in total. The van der Waals surface area contributed by atoms with E-state index in [9.17, 15) is 44.0 Å². The molecule has 0 aliphatic heterocycles. The van der Waals surface area contributed by atoms with Gasteiger partial charge in [-0.3, -0.25) is 13.7 Å². The predicted molar refractivity (Wildman–Crippen MR) is 272 cm³/mol. The molecule has 0 saturated carbocycles. The van der Waals surface area contributed by atoms with E-state index < -0.39 is 40.1 Å². The zero-order valence-corrected chi connectivity index (χ0v) is 40.8. The standard InChI is InChI=1S/C50H37N9O11S3/c1-4-70-45-26-44(55-51-31-14-12-29-8-7-11-46(38(29)23-31)72(64,65)66)35-9-5-6-10-37(35)49(45)56-54-43-21-27(2)42(20-28(43)3)53-52-41-18-13-30-22-32(15-16-34(30)50(41)60)59-57-40-19-17-36-39(48(40)58-59)24-33(71(61,62)63)25-47(36)73(67,68)69/h5-26,60H,4H2,1-3H3,(H,61,62,63)(H,64,65,66)(H,67,68,69). The molecule has 73 heavy (non-hydrogen) atoms. The van der Waals surface area contributed by atoms with E-state index in [0.717, 1.165) is 11.6 Å². The van der Waals surface area contributed by atoms with Crippen molar-refractivity contribution in [2.75, 3.05) is 6.61 Å². The average Bonchev–Trinajstić information content (AvgIpc) is 3.80. The number of aryl methyl sites for hydroxylation is 2. The molecule has 366 valence electrons. The molecule has 10 rings (SSSR count). The van der Waals surface area contributed by atoms with Crippen LogP contribution >= 0.6 is 0 Å². The number of ether oxygens (including phenoxy) is 1. The number of phenolic OH excluding ortho intramolecular Hbond substituents is 1. The number of hydrogen-bond donors (Lipinski definition) is 4. The van der Waals surface area contributed by atoms with Crippen LogP contribution in [0.5, 0.6) is 11.5 Å². The van der Waals surface area contributed by atoms with Crippen LogP contribution in [-0.2, 0) is 30.4 Å². The summed E-state index contributed by atoms with van der Waals surface area (Å²) in [6.45, 7) is 5.83. The summed E-state index contributed by atoms with van der Waals surface area (Å²) in [5, 5.41) is 50.7. The molecular formula is C50H37N9O11S3. The summed E-state index contributed by atoms with van der Waals surface area (Å²) in [4.78, 5) is -0.485. The summed E-state index contributed by atoms with van der Waals surface area (Å²) in [5.74, 6) is 0.247. The molecule has 0 unspecified atom stereocenters. The van der Waals surface area contributed by atoms with Crippen molar-refractivity contribution >= 4 is 119 Å². The molecule has 0 spiro atoms. The van der Waals surface area contributed by atoms with Gasteiger partial charge in [0.15, 0.2) is 5.75 Å². The number of phenols is 1. The number of benzene rings is 9. The molecule has 9 aromatic carbocycles. The average molecular weight is 1040 g/mol. The highest BCUT2D eigenvalue weighted by molar-refractivity contribution is 7.87. The van der Waals surface area contributed by atoms with Gasteiger partial charge in [0.1, 0.15) is 37.9 Å². The number of azo groups is 3. The molecule has 0 radical (unpaired) electrons. The van der Waals surface area contributed by atoms with E-state index in [1.807, 2.05) is 51.1 Å². The van der Waals surface area contributed by atoms with Crippen molar-refractivity contribution in [2.24, 2.45) is 30.7 Å². The molecule has 0 aliphatic carbocycles.